The summed E-state index contributed by atoms with van der Waals surface area (Å²) < 4.78 is 10.6. The van der Waals surface area contributed by atoms with Crippen LogP contribution in [0.1, 0.15) is 11.1 Å². The van der Waals surface area contributed by atoms with Crippen LogP contribution in [0.2, 0.25) is 0 Å². The van der Waals surface area contributed by atoms with Crippen molar-refractivity contribution in [1.29, 1.82) is 0 Å². The lowest BCUT2D eigenvalue weighted by molar-refractivity contribution is 0.235. The highest BCUT2D eigenvalue weighted by Gasteiger charge is 2.10. The summed E-state index contributed by atoms with van der Waals surface area (Å²) in [6.45, 7) is 2.59. The molecule has 0 radical (unpaired) electrons. The molecule has 0 atom stereocenters. The number of ether oxygens (including phenoxy) is 2. The van der Waals surface area contributed by atoms with Crippen molar-refractivity contribution in [2.24, 2.45) is 0 Å². The molecule has 0 aliphatic carbocycles. The molecule has 0 saturated carbocycles. The lowest BCUT2D eigenvalue weighted by Crippen LogP contribution is -2.23. The van der Waals surface area contributed by atoms with Gasteiger partial charge in [-0.2, -0.15) is 0 Å². The van der Waals surface area contributed by atoms with Crippen LogP contribution in [0.5, 0.6) is 11.5 Å². The van der Waals surface area contributed by atoms with Crippen molar-refractivity contribution < 1.29 is 14.3 Å². The normalized spacial score (nSPS) is 10.1. The van der Waals surface area contributed by atoms with Crippen LogP contribution >= 0.6 is 15.9 Å². The maximum atomic E-state index is 11.1. The van der Waals surface area contributed by atoms with Gasteiger partial charge in [0.25, 0.3) is 4.82 Å². The van der Waals surface area contributed by atoms with Gasteiger partial charge in [-0.05, 0) is 36.6 Å². The Morgan fingerprint density at radius 2 is 1.89 bits per heavy atom. The third kappa shape index (κ3) is 3.63. The van der Waals surface area contributed by atoms with E-state index in [4.69, 9.17) is 9.47 Å². The molecule has 0 bridgehead atoms. The van der Waals surface area contributed by atoms with E-state index in [-0.39, 0.29) is 4.82 Å². The second-order valence-electron chi connectivity index (χ2n) is 4.06. The summed E-state index contributed by atoms with van der Waals surface area (Å²) in [5, 5.41) is 0. The van der Waals surface area contributed by atoms with Crippen LogP contribution in [0.4, 0.5) is 4.79 Å². The minimum atomic E-state index is -0.124. The quantitative estimate of drug-likeness (QED) is 0.619. The molecule has 1 aromatic rings. The molecule has 1 rings (SSSR count). The molecule has 1 aromatic carbocycles. The number of nitrogens with zero attached hydrogens (tertiary/aromatic N) is 1. The molecule has 0 N–H and O–H groups in total. The van der Waals surface area contributed by atoms with Crippen molar-refractivity contribution in [2.75, 3.05) is 27.8 Å². The van der Waals surface area contributed by atoms with E-state index in [1.807, 2.05) is 19.1 Å². The largest absolute Gasteiger partial charge is 0.496 e. The number of likely N-dealkylation sites (N-methyl/N-ethyl adjacent to an activating group) is 1. The fraction of sp³-hybridized carbons (Fsp3) is 0.462. The molecule has 0 saturated heterocycles. The van der Waals surface area contributed by atoms with E-state index in [1.165, 1.54) is 0 Å². The molecule has 18 heavy (non-hydrogen) atoms. The van der Waals surface area contributed by atoms with Crippen molar-refractivity contribution in [2.45, 2.75) is 13.3 Å². The Kier molecular flexibility index (Phi) is 5.47. The molecule has 5 heteroatoms. The lowest BCUT2D eigenvalue weighted by Gasteiger charge is -2.16. The second kappa shape index (κ2) is 6.64. The van der Waals surface area contributed by atoms with Gasteiger partial charge in [0.15, 0.2) is 0 Å². The first-order valence-electron chi connectivity index (χ1n) is 5.61. The summed E-state index contributed by atoms with van der Waals surface area (Å²) >= 11 is 2.92. The van der Waals surface area contributed by atoms with Gasteiger partial charge in [0.2, 0.25) is 0 Å². The fourth-order valence-corrected chi connectivity index (χ4v) is 1.86. The van der Waals surface area contributed by atoms with Gasteiger partial charge in [0, 0.05) is 29.5 Å². The van der Waals surface area contributed by atoms with Crippen LogP contribution < -0.4 is 9.47 Å². The molecule has 0 aromatic heterocycles. The van der Waals surface area contributed by atoms with Crippen molar-refractivity contribution >= 4 is 20.7 Å². The highest BCUT2D eigenvalue weighted by Crippen LogP contribution is 2.28. The summed E-state index contributed by atoms with van der Waals surface area (Å²) in [4.78, 5) is 12.6. The third-order valence-corrected chi connectivity index (χ3v) is 3.42. The average Bonchev–Trinajstić information content (AvgIpc) is 2.36. The maximum Gasteiger partial charge on any atom is 0.289 e. The Labute approximate surface area is 116 Å². The number of methoxy groups -OCH3 is 2. The molecule has 1 amide bonds. The molecule has 0 heterocycles. The number of aryl methyl sites for hydroxylation is 1. The predicted molar refractivity (Wildman–Crippen MR) is 74.9 cm³/mol. The zero-order valence-electron chi connectivity index (χ0n) is 11.1. The molecule has 4 nitrogen and oxygen atoms in total. The molecule has 0 spiro atoms. The number of rotatable bonds is 5. The zero-order valence-corrected chi connectivity index (χ0v) is 12.7. The molecule has 0 fully saturated rings. The Balaban J connectivity index is 2.89. The van der Waals surface area contributed by atoms with Crippen LogP contribution in [0.15, 0.2) is 12.1 Å². The van der Waals surface area contributed by atoms with Gasteiger partial charge >= 0.3 is 0 Å². The van der Waals surface area contributed by atoms with Crippen molar-refractivity contribution in [3.05, 3.63) is 23.3 Å². The van der Waals surface area contributed by atoms with Gasteiger partial charge in [-0.15, -0.1) is 0 Å². The first-order valence-corrected chi connectivity index (χ1v) is 6.41. The Bertz CT molecular complexity index is 434. The van der Waals surface area contributed by atoms with E-state index in [9.17, 15) is 4.79 Å². The Morgan fingerprint density at radius 1 is 1.28 bits per heavy atom. The van der Waals surface area contributed by atoms with E-state index in [2.05, 4.69) is 15.9 Å². The van der Waals surface area contributed by atoms with Crippen molar-refractivity contribution in [3.8, 4) is 11.5 Å². The van der Waals surface area contributed by atoms with E-state index in [0.717, 1.165) is 22.6 Å². The topological polar surface area (TPSA) is 38.8 Å². The van der Waals surface area contributed by atoms with Crippen molar-refractivity contribution in [3.63, 3.8) is 0 Å². The third-order valence-electron chi connectivity index (χ3n) is 2.81. The summed E-state index contributed by atoms with van der Waals surface area (Å²) in [6.07, 6.45) is 0.716. The molecule has 100 valence electrons. The zero-order chi connectivity index (χ0) is 13.7. The molecular weight excluding hydrogens is 298 g/mol. The Morgan fingerprint density at radius 3 is 2.39 bits per heavy atom. The molecular formula is C13H18BrNO3. The molecule has 0 unspecified atom stereocenters. The number of hydrogen-bond donors (Lipinski definition) is 0. The minimum absolute atomic E-state index is 0.124. The first-order chi connectivity index (χ1) is 8.49. The van der Waals surface area contributed by atoms with Gasteiger partial charge in [-0.3, -0.25) is 4.79 Å². The van der Waals surface area contributed by atoms with E-state index in [0.29, 0.717) is 13.0 Å². The number of carbonyl (C=O) groups excluding carboxylic acids is 1. The van der Waals surface area contributed by atoms with Gasteiger partial charge in [0.05, 0.1) is 14.2 Å². The predicted octanol–water partition coefficient (Wildman–Crippen LogP) is 3.00. The highest BCUT2D eigenvalue weighted by atomic mass is 79.9. The highest BCUT2D eigenvalue weighted by molar-refractivity contribution is 9.18. The fourth-order valence-electron chi connectivity index (χ4n) is 1.69. The van der Waals surface area contributed by atoms with E-state index < -0.39 is 0 Å². The van der Waals surface area contributed by atoms with Crippen LogP contribution in [-0.2, 0) is 6.42 Å². The van der Waals surface area contributed by atoms with Crippen LogP contribution in [0.25, 0.3) is 0 Å². The molecule has 0 aliphatic rings. The minimum Gasteiger partial charge on any atom is -0.496 e. The Hall–Kier alpha value is -1.23. The van der Waals surface area contributed by atoms with Gasteiger partial charge in [0.1, 0.15) is 11.5 Å². The lowest BCUT2D eigenvalue weighted by atomic mass is 10.1. The number of amides is 1. The van der Waals surface area contributed by atoms with Gasteiger partial charge in [-0.25, -0.2) is 0 Å². The summed E-state index contributed by atoms with van der Waals surface area (Å²) in [7, 11) is 5.03. The van der Waals surface area contributed by atoms with Crippen molar-refractivity contribution in [1.82, 2.24) is 4.90 Å². The summed E-state index contributed by atoms with van der Waals surface area (Å²) in [6, 6.07) is 3.91. The van der Waals surface area contributed by atoms with Gasteiger partial charge in [-0.1, -0.05) is 0 Å². The molecule has 0 aliphatic heterocycles. The first kappa shape index (κ1) is 14.8. The summed E-state index contributed by atoms with van der Waals surface area (Å²) in [5.41, 5.74) is 2.06. The standard InChI is InChI=1S/C13H18BrNO3/c1-9-7-12(18-4)10(8-11(9)17-3)5-6-15(2)13(14)16/h7-8H,5-6H2,1-4H3. The van der Waals surface area contributed by atoms with Gasteiger partial charge < -0.3 is 14.4 Å². The van der Waals surface area contributed by atoms with Crippen LogP contribution in [0.3, 0.4) is 0 Å². The average molecular weight is 316 g/mol. The maximum absolute atomic E-state index is 11.1. The SMILES string of the molecule is COc1cc(CCN(C)C(=O)Br)c(OC)cc1C. The number of carbonyl (C=O) groups is 1. The number of halogens is 1. The smallest absolute Gasteiger partial charge is 0.289 e. The second-order valence-corrected chi connectivity index (χ2v) is 4.74. The summed E-state index contributed by atoms with van der Waals surface area (Å²) in [5.74, 6) is 1.65. The van der Waals surface area contributed by atoms with E-state index in [1.54, 1.807) is 26.2 Å². The van der Waals surface area contributed by atoms with Crippen LogP contribution in [0, 0.1) is 6.92 Å². The number of benzene rings is 1. The van der Waals surface area contributed by atoms with Crippen LogP contribution in [-0.4, -0.2) is 37.5 Å². The number of hydrogen-bond acceptors (Lipinski definition) is 3. The monoisotopic (exact) mass is 315 g/mol. The van der Waals surface area contributed by atoms with E-state index >= 15 is 0 Å².